The van der Waals surface area contributed by atoms with E-state index in [9.17, 15) is 34.8 Å². The van der Waals surface area contributed by atoms with Crippen LogP contribution in [0.5, 0.6) is 0 Å². The van der Waals surface area contributed by atoms with E-state index >= 15 is 0 Å². The van der Waals surface area contributed by atoms with E-state index in [2.05, 4.69) is 0 Å². The van der Waals surface area contributed by atoms with Gasteiger partial charge in [0.05, 0.1) is 18.8 Å². The lowest BCUT2D eigenvalue weighted by molar-refractivity contribution is -0.151. The molecule has 10 nitrogen and oxygen atoms in total. The average Bonchev–Trinajstić information content (AvgIpc) is 2.41. The first-order chi connectivity index (χ1) is 9.61. The van der Waals surface area contributed by atoms with Gasteiger partial charge in [-0.1, -0.05) is 0 Å². The average molecular weight is 311 g/mol. The number of amides is 1. The van der Waals surface area contributed by atoms with E-state index in [4.69, 9.17) is 10.2 Å². The van der Waals surface area contributed by atoms with Gasteiger partial charge < -0.3 is 36.0 Å². The topological polar surface area (TPSA) is 185 Å². The maximum Gasteiger partial charge on any atom is 0.372 e. The van der Waals surface area contributed by atoms with Crippen LogP contribution in [-0.2, 0) is 14.4 Å². The fourth-order valence-corrected chi connectivity index (χ4v) is 1.60. The molecule has 0 heterocycles. The van der Waals surface area contributed by atoms with Crippen LogP contribution in [0.4, 0.5) is 0 Å². The number of carbonyl (C=O) groups is 3. The summed E-state index contributed by atoms with van der Waals surface area (Å²) in [6, 6.07) is -1.61. The van der Waals surface area contributed by atoms with E-state index in [0.717, 1.165) is 6.92 Å². The largest absolute Gasteiger partial charge is 0.475 e. The van der Waals surface area contributed by atoms with Crippen molar-refractivity contribution in [2.24, 2.45) is 0 Å². The van der Waals surface area contributed by atoms with Crippen molar-refractivity contribution in [2.75, 3.05) is 6.61 Å². The Morgan fingerprint density at radius 3 is 2.05 bits per heavy atom. The van der Waals surface area contributed by atoms with Crippen molar-refractivity contribution in [3.8, 4) is 0 Å². The quantitative estimate of drug-likeness (QED) is 0.208. The summed E-state index contributed by atoms with van der Waals surface area (Å²) in [5.41, 5.74) is 0. The fourth-order valence-electron chi connectivity index (χ4n) is 1.60. The number of hydrogen-bond acceptors (Lipinski definition) is 8. The highest BCUT2D eigenvalue weighted by molar-refractivity contribution is 6.32. The second kappa shape index (κ2) is 8.64. The molecular formula is C11H19NO9. The number of carbonyl (C=O) groups excluding carboxylic acids is 2. The standard InChI is InChI=1S/C11H19NO9/c1-4(14)12-8(5(15)2-6(16)11(20)21)10(19)9(18)7(17)3-13/h5,7-10,13,15,17-19H,2-3H2,1H3,(H,12,14)(H,20,21)/t5-,7+,8+,9+,10-/m0/s1/i10+2. The molecule has 0 bridgehead atoms. The lowest BCUT2D eigenvalue weighted by Gasteiger charge is -2.32. The van der Waals surface area contributed by atoms with Gasteiger partial charge in [-0.15, -0.1) is 0 Å². The normalized spacial score (nSPS) is 18.2. The molecule has 0 radical (unpaired) electrons. The van der Waals surface area contributed by atoms with Crippen LogP contribution in [0.1, 0.15) is 13.3 Å². The Balaban J connectivity index is 5.04. The van der Waals surface area contributed by atoms with Crippen molar-refractivity contribution in [1.82, 2.24) is 5.32 Å². The highest BCUT2D eigenvalue weighted by Crippen LogP contribution is 2.11. The highest BCUT2D eigenvalue weighted by atomic mass is 16.5. The zero-order valence-electron chi connectivity index (χ0n) is 11.2. The molecule has 0 aliphatic carbocycles. The molecule has 122 valence electrons. The molecule has 7 N–H and O–H groups in total. The molecule has 0 rings (SSSR count). The summed E-state index contributed by atoms with van der Waals surface area (Å²) in [5.74, 6) is -3.89. The Labute approximate surface area is 119 Å². The molecule has 0 aromatic heterocycles. The minimum Gasteiger partial charge on any atom is -0.475 e. The first-order valence-corrected chi connectivity index (χ1v) is 5.98. The Kier molecular flexibility index (Phi) is 7.99. The van der Waals surface area contributed by atoms with Gasteiger partial charge in [-0.3, -0.25) is 9.59 Å². The third-order valence-corrected chi connectivity index (χ3v) is 2.72. The molecule has 10 heteroatoms. The highest BCUT2D eigenvalue weighted by Gasteiger charge is 2.37. The number of Topliss-reactive ketones (excluding diaryl/α,β-unsaturated/α-hetero) is 1. The minimum absolute atomic E-state index is 0.730. The Hall–Kier alpha value is -1.59. The molecule has 0 saturated heterocycles. The zero-order chi connectivity index (χ0) is 16.7. The fraction of sp³-hybridized carbons (Fsp3) is 0.727. The Bertz CT molecular complexity index is 386. The maximum atomic E-state index is 11.0. The van der Waals surface area contributed by atoms with Gasteiger partial charge in [0.2, 0.25) is 11.7 Å². The van der Waals surface area contributed by atoms with Crippen LogP contribution in [-0.4, -0.2) is 85.4 Å². The molecule has 1 amide bonds. The summed E-state index contributed by atoms with van der Waals surface area (Å²) in [5, 5.41) is 57.4. The third-order valence-electron chi connectivity index (χ3n) is 2.72. The summed E-state index contributed by atoms with van der Waals surface area (Å²) < 4.78 is 0. The number of carboxylic acid groups (broad SMARTS) is 1. The van der Waals surface area contributed by atoms with Crippen LogP contribution in [0.15, 0.2) is 0 Å². The van der Waals surface area contributed by atoms with E-state index in [0.29, 0.717) is 0 Å². The van der Waals surface area contributed by atoms with Crippen molar-refractivity contribution in [3.05, 3.63) is 0 Å². The molecule has 0 aromatic carbocycles. The molecular weight excluding hydrogens is 292 g/mol. The molecule has 0 aromatic rings. The summed E-state index contributed by atoms with van der Waals surface area (Å²) in [7, 11) is 0. The van der Waals surface area contributed by atoms with Crippen LogP contribution in [0, 0.1) is 0 Å². The summed E-state index contributed by atoms with van der Waals surface area (Å²) in [6.07, 6.45) is -8.35. The van der Waals surface area contributed by atoms with E-state index in [1.807, 2.05) is 5.32 Å². The second-order valence-electron chi connectivity index (χ2n) is 4.46. The number of aliphatic hydroxyl groups excluding tert-OH is 5. The van der Waals surface area contributed by atoms with Gasteiger partial charge in [-0.25, -0.2) is 4.79 Å². The van der Waals surface area contributed by atoms with Crippen molar-refractivity contribution < 1.29 is 45.0 Å². The van der Waals surface area contributed by atoms with Gasteiger partial charge >= 0.3 is 5.97 Å². The van der Waals surface area contributed by atoms with E-state index in [-0.39, 0.29) is 0 Å². The lowest BCUT2D eigenvalue weighted by Crippen LogP contribution is -2.57. The Morgan fingerprint density at radius 2 is 1.67 bits per heavy atom. The monoisotopic (exact) mass is 311 g/mol. The van der Waals surface area contributed by atoms with E-state index in [1.54, 1.807) is 0 Å². The molecule has 21 heavy (non-hydrogen) atoms. The van der Waals surface area contributed by atoms with Crippen LogP contribution >= 0.6 is 0 Å². The minimum atomic E-state index is -1.94. The molecule has 5 atom stereocenters. The molecule has 0 saturated carbocycles. The van der Waals surface area contributed by atoms with Gasteiger partial charge in [0, 0.05) is 13.3 Å². The number of aliphatic carboxylic acids is 1. The van der Waals surface area contributed by atoms with E-state index < -0.39 is 61.1 Å². The van der Waals surface area contributed by atoms with Crippen LogP contribution < -0.4 is 5.32 Å². The second-order valence-corrected chi connectivity index (χ2v) is 4.46. The first kappa shape index (κ1) is 19.4. The van der Waals surface area contributed by atoms with Crippen molar-refractivity contribution in [2.45, 2.75) is 43.8 Å². The number of carboxylic acids is 1. The van der Waals surface area contributed by atoms with Crippen molar-refractivity contribution in [1.29, 1.82) is 0 Å². The van der Waals surface area contributed by atoms with Gasteiger partial charge in [0.1, 0.15) is 18.3 Å². The molecule has 0 aliphatic rings. The predicted molar refractivity (Wildman–Crippen MR) is 66.0 cm³/mol. The Morgan fingerprint density at radius 1 is 1.14 bits per heavy atom. The lowest BCUT2D eigenvalue weighted by atomic mass is 10.1. The number of ketones is 1. The van der Waals surface area contributed by atoms with E-state index in [1.165, 1.54) is 0 Å². The van der Waals surface area contributed by atoms with Gasteiger partial charge in [0.15, 0.2) is 0 Å². The zero-order valence-corrected chi connectivity index (χ0v) is 11.2. The van der Waals surface area contributed by atoms with Crippen molar-refractivity contribution >= 4 is 17.7 Å². The molecule has 0 spiro atoms. The molecule has 0 fully saturated rings. The first-order valence-electron chi connectivity index (χ1n) is 5.98. The molecule has 0 aliphatic heterocycles. The third kappa shape index (κ3) is 6.14. The smallest absolute Gasteiger partial charge is 0.372 e. The van der Waals surface area contributed by atoms with Crippen molar-refractivity contribution in [3.63, 3.8) is 0 Å². The number of nitrogens with one attached hydrogen (secondary N) is 1. The van der Waals surface area contributed by atoms with Crippen LogP contribution in [0.2, 0.25) is 0 Å². The SMILES string of the molecule is CC(=O)N[C@H]([C@@H](O)CC(=O)C(=O)O)[14C@H](O)[C@H](O)[C@H](O)CO. The summed E-state index contributed by atoms with van der Waals surface area (Å²) >= 11 is 0. The van der Waals surface area contributed by atoms with Crippen LogP contribution in [0.25, 0.3) is 0 Å². The summed E-state index contributed by atoms with van der Waals surface area (Å²) in [4.78, 5) is 32.4. The van der Waals surface area contributed by atoms with Crippen LogP contribution in [0.3, 0.4) is 0 Å². The van der Waals surface area contributed by atoms with Gasteiger partial charge in [0.25, 0.3) is 0 Å². The molecule has 0 unspecified atom stereocenters. The maximum absolute atomic E-state index is 11.0. The summed E-state index contributed by atoms with van der Waals surface area (Å²) in [6.45, 7) is 0.134. The predicted octanol–water partition coefficient (Wildman–Crippen LogP) is -4.03. The van der Waals surface area contributed by atoms with Gasteiger partial charge in [-0.05, 0) is 0 Å². The van der Waals surface area contributed by atoms with Gasteiger partial charge in [-0.2, -0.15) is 0 Å². The number of aliphatic hydroxyl groups is 5. The number of rotatable bonds is 9. The number of hydrogen-bond donors (Lipinski definition) is 7.